The summed E-state index contributed by atoms with van der Waals surface area (Å²) in [6.07, 6.45) is 3.32. The fourth-order valence-corrected chi connectivity index (χ4v) is 3.18. The Balaban J connectivity index is 1.84. The number of hydrogen-bond donors (Lipinski definition) is 1. The average Bonchev–Trinajstić information content (AvgIpc) is 3.18. The summed E-state index contributed by atoms with van der Waals surface area (Å²) in [6, 6.07) is 11.9. The Kier molecular flexibility index (Phi) is 3.90. The summed E-state index contributed by atoms with van der Waals surface area (Å²) in [6.45, 7) is 0. The molecule has 0 saturated heterocycles. The Bertz CT molecular complexity index is 750. The van der Waals surface area contributed by atoms with Gasteiger partial charge in [-0.15, -0.1) is 11.3 Å². The quantitative estimate of drug-likeness (QED) is 0.760. The first-order chi connectivity index (χ1) is 10.1. The molecule has 0 aliphatic rings. The molecule has 6 heteroatoms. The van der Waals surface area contributed by atoms with Crippen LogP contribution in [0.2, 0.25) is 0 Å². The molecule has 0 radical (unpaired) electrons. The van der Waals surface area contributed by atoms with Crippen LogP contribution in [0.1, 0.15) is 9.67 Å². The Morgan fingerprint density at radius 3 is 2.67 bits per heavy atom. The van der Waals surface area contributed by atoms with Gasteiger partial charge in [0.15, 0.2) is 0 Å². The van der Waals surface area contributed by atoms with Crippen molar-refractivity contribution in [3.63, 3.8) is 0 Å². The number of aromatic nitrogens is 2. The first-order valence-electron chi connectivity index (χ1n) is 6.28. The lowest BCUT2D eigenvalue weighted by atomic mass is 10.2. The largest absolute Gasteiger partial charge is 0.308 e. The van der Waals surface area contributed by atoms with E-state index in [1.54, 1.807) is 24.3 Å². The summed E-state index contributed by atoms with van der Waals surface area (Å²) >= 11 is 4.91. The lowest BCUT2D eigenvalue weighted by Crippen LogP contribution is -2.24. The highest BCUT2D eigenvalue weighted by Crippen LogP contribution is 2.30. The topological polar surface area (TPSA) is 49.0 Å². The van der Waals surface area contributed by atoms with Gasteiger partial charge in [-0.3, -0.25) is 9.89 Å². The van der Waals surface area contributed by atoms with E-state index in [9.17, 15) is 4.79 Å². The van der Waals surface area contributed by atoms with Crippen LogP contribution in [-0.4, -0.2) is 23.2 Å². The van der Waals surface area contributed by atoms with Gasteiger partial charge in [0.05, 0.1) is 16.8 Å². The van der Waals surface area contributed by atoms with Crippen molar-refractivity contribution in [2.24, 2.45) is 0 Å². The smallest absolute Gasteiger partial charge is 0.268 e. The van der Waals surface area contributed by atoms with Crippen LogP contribution in [-0.2, 0) is 0 Å². The Morgan fingerprint density at radius 2 is 2.00 bits per heavy atom. The number of carbonyl (C=O) groups excluding carboxylic acids is 1. The van der Waals surface area contributed by atoms with Gasteiger partial charge in [-0.05, 0) is 29.8 Å². The number of aromatic amines is 1. The summed E-state index contributed by atoms with van der Waals surface area (Å²) in [4.78, 5) is 15.8. The molecule has 2 heterocycles. The maximum atomic E-state index is 12.4. The van der Waals surface area contributed by atoms with Gasteiger partial charge < -0.3 is 4.90 Å². The number of halogens is 1. The highest BCUT2D eigenvalue weighted by atomic mass is 79.9. The molecule has 4 nitrogen and oxygen atoms in total. The number of rotatable bonds is 3. The summed E-state index contributed by atoms with van der Waals surface area (Å²) in [5, 5.41) is 6.57. The molecule has 106 valence electrons. The van der Waals surface area contributed by atoms with Gasteiger partial charge in [0.2, 0.25) is 0 Å². The van der Waals surface area contributed by atoms with E-state index in [0.717, 1.165) is 20.6 Å². The summed E-state index contributed by atoms with van der Waals surface area (Å²) in [7, 11) is 1.74. The third-order valence-corrected chi connectivity index (χ3v) is 4.77. The molecule has 1 N–H and O–H groups in total. The van der Waals surface area contributed by atoms with Gasteiger partial charge >= 0.3 is 0 Å². The molecule has 0 unspecified atom stereocenters. The molecule has 0 saturated carbocycles. The average molecular weight is 362 g/mol. The number of H-pyrrole nitrogens is 1. The van der Waals surface area contributed by atoms with E-state index in [-0.39, 0.29) is 5.91 Å². The van der Waals surface area contributed by atoms with Gasteiger partial charge in [0.1, 0.15) is 0 Å². The molecule has 2 aromatic heterocycles. The number of amides is 1. The van der Waals surface area contributed by atoms with Crippen LogP contribution in [0, 0.1) is 0 Å². The SMILES string of the molecule is CN(C(=O)c1ccc(-c2ccc(Br)cc2)s1)c1cn[nH]c1. The zero-order valence-electron chi connectivity index (χ0n) is 11.2. The maximum absolute atomic E-state index is 12.4. The third kappa shape index (κ3) is 2.91. The van der Waals surface area contributed by atoms with Crippen molar-refractivity contribution in [2.75, 3.05) is 11.9 Å². The fourth-order valence-electron chi connectivity index (χ4n) is 1.93. The van der Waals surface area contributed by atoms with Crippen LogP contribution in [0.3, 0.4) is 0 Å². The van der Waals surface area contributed by atoms with Crippen LogP contribution < -0.4 is 4.90 Å². The predicted octanol–water partition coefficient (Wildman–Crippen LogP) is 4.18. The lowest BCUT2D eigenvalue weighted by molar-refractivity contribution is 0.0997. The second-order valence-electron chi connectivity index (χ2n) is 4.49. The van der Waals surface area contributed by atoms with Crippen molar-refractivity contribution in [3.05, 3.63) is 58.1 Å². The first-order valence-corrected chi connectivity index (χ1v) is 7.89. The third-order valence-electron chi connectivity index (χ3n) is 3.12. The zero-order chi connectivity index (χ0) is 14.8. The molecule has 0 bridgehead atoms. The van der Waals surface area contributed by atoms with Crippen molar-refractivity contribution in [1.29, 1.82) is 0 Å². The van der Waals surface area contributed by atoms with E-state index in [1.165, 1.54) is 11.3 Å². The second kappa shape index (κ2) is 5.83. The molecule has 3 aromatic rings. The van der Waals surface area contributed by atoms with Crippen LogP contribution in [0.25, 0.3) is 10.4 Å². The standard InChI is InChI=1S/C15H12BrN3OS/c1-19(12-8-17-18-9-12)15(20)14-7-6-13(21-14)10-2-4-11(16)5-3-10/h2-9H,1H3,(H,17,18). The van der Waals surface area contributed by atoms with E-state index in [2.05, 4.69) is 26.1 Å². The van der Waals surface area contributed by atoms with Gasteiger partial charge in [-0.2, -0.15) is 5.10 Å². The molecule has 0 fully saturated rings. The molecule has 0 aliphatic heterocycles. The molecular formula is C15H12BrN3OS. The molecule has 21 heavy (non-hydrogen) atoms. The summed E-state index contributed by atoms with van der Waals surface area (Å²) in [5.41, 5.74) is 1.85. The van der Waals surface area contributed by atoms with Crippen LogP contribution in [0.4, 0.5) is 5.69 Å². The molecule has 0 atom stereocenters. The number of thiophene rings is 1. The number of carbonyl (C=O) groups is 1. The minimum atomic E-state index is -0.0373. The normalized spacial score (nSPS) is 10.6. The zero-order valence-corrected chi connectivity index (χ0v) is 13.6. The van der Waals surface area contributed by atoms with E-state index >= 15 is 0 Å². The molecular weight excluding hydrogens is 350 g/mol. The van der Waals surface area contributed by atoms with E-state index in [4.69, 9.17) is 0 Å². The number of benzene rings is 1. The van der Waals surface area contributed by atoms with E-state index < -0.39 is 0 Å². The number of anilines is 1. The van der Waals surface area contributed by atoms with Crippen LogP contribution in [0.15, 0.2) is 53.3 Å². The lowest BCUT2D eigenvalue weighted by Gasteiger charge is -2.13. The molecule has 0 aliphatic carbocycles. The highest BCUT2D eigenvalue weighted by molar-refractivity contribution is 9.10. The Morgan fingerprint density at radius 1 is 1.24 bits per heavy atom. The Labute approximate surface area is 134 Å². The minimum Gasteiger partial charge on any atom is -0.308 e. The number of hydrogen-bond acceptors (Lipinski definition) is 3. The van der Waals surface area contributed by atoms with Gasteiger partial charge in [0, 0.05) is 22.6 Å². The van der Waals surface area contributed by atoms with Crippen LogP contribution >= 0.6 is 27.3 Å². The van der Waals surface area contributed by atoms with Gasteiger partial charge in [-0.1, -0.05) is 28.1 Å². The molecule has 3 rings (SSSR count). The first kappa shape index (κ1) is 14.0. The van der Waals surface area contributed by atoms with E-state index in [0.29, 0.717) is 4.88 Å². The molecule has 0 spiro atoms. The Hall–Kier alpha value is -1.92. The number of nitrogens with zero attached hydrogens (tertiary/aromatic N) is 2. The summed E-state index contributed by atoms with van der Waals surface area (Å²) < 4.78 is 1.04. The maximum Gasteiger partial charge on any atom is 0.268 e. The van der Waals surface area contributed by atoms with Crippen molar-refractivity contribution >= 4 is 38.9 Å². The predicted molar refractivity (Wildman–Crippen MR) is 88.8 cm³/mol. The monoisotopic (exact) mass is 361 g/mol. The van der Waals surface area contributed by atoms with Crippen molar-refractivity contribution in [3.8, 4) is 10.4 Å². The fraction of sp³-hybridized carbons (Fsp3) is 0.0667. The number of nitrogens with one attached hydrogen (secondary N) is 1. The molecule has 1 aromatic carbocycles. The minimum absolute atomic E-state index is 0.0373. The molecule has 1 amide bonds. The highest BCUT2D eigenvalue weighted by Gasteiger charge is 2.16. The van der Waals surface area contributed by atoms with Gasteiger partial charge in [-0.25, -0.2) is 0 Å². The van der Waals surface area contributed by atoms with Crippen LogP contribution in [0.5, 0.6) is 0 Å². The second-order valence-corrected chi connectivity index (χ2v) is 6.49. The van der Waals surface area contributed by atoms with Crippen molar-refractivity contribution in [2.45, 2.75) is 0 Å². The van der Waals surface area contributed by atoms with Crippen molar-refractivity contribution < 1.29 is 4.79 Å². The van der Waals surface area contributed by atoms with Crippen molar-refractivity contribution in [1.82, 2.24) is 10.2 Å². The van der Waals surface area contributed by atoms with Gasteiger partial charge in [0.25, 0.3) is 5.91 Å². The summed E-state index contributed by atoms with van der Waals surface area (Å²) in [5.74, 6) is -0.0373. The van der Waals surface area contributed by atoms with E-state index in [1.807, 2.05) is 36.4 Å².